The number of nitrogens with two attached hydrogens (primary N) is 1. The highest BCUT2D eigenvalue weighted by Crippen LogP contribution is 2.22. The average Bonchev–Trinajstić information content (AvgIpc) is 2.23. The molecule has 0 aliphatic rings. The van der Waals surface area contributed by atoms with Crippen LogP contribution in [0.4, 0.5) is 0 Å². The van der Waals surface area contributed by atoms with Gasteiger partial charge < -0.3 is 15.6 Å². The molecule has 3 nitrogen and oxygen atoms in total. The van der Waals surface area contributed by atoms with Gasteiger partial charge in [-0.3, -0.25) is 0 Å². The second-order valence-electron chi connectivity index (χ2n) is 5.21. The fourth-order valence-corrected chi connectivity index (χ4v) is 1.81. The second kappa shape index (κ2) is 5.52. The molecule has 0 spiro atoms. The zero-order chi connectivity index (χ0) is 13.1. The lowest BCUT2D eigenvalue weighted by Gasteiger charge is -2.26. The first-order valence-corrected chi connectivity index (χ1v) is 5.98. The molecule has 0 radical (unpaired) electrons. The molecule has 17 heavy (non-hydrogen) atoms. The number of ether oxygens (including phenoxy) is 1. The van der Waals surface area contributed by atoms with E-state index in [4.69, 9.17) is 15.6 Å². The SMILES string of the molecule is Cc1ccc(C)c(OC(C)CC(C)(N)CO)c1. The first-order chi connectivity index (χ1) is 7.84. The Balaban J connectivity index is 2.68. The van der Waals surface area contributed by atoms with Crippen molar-refractivity contribution in [1.29, 1.82) is 0 Å². The average molecular weight is 237 g/mol. The molecular formula is C14H23NO2. The molecule has 1 aromatic rings. The standard InChI is InChI=1S/C14H23NO2/c1-10-5-6-11(2)13(7-10)17-12(3)8-14(4,15)9-16/h5-7,12,16H,8-9,15H2,1-4H3. The Kier molecular flexibility index (Phi) is 4.54. The molecular weight excluding hydrogens is 214 g/mol. The van der Waals surface area contributed by atoms with E-state index in [1.165, 1.54) is 5.56 Å². The van der Waals surface area contributed by atoms with E-state index < -0.39 is 5.54 Å². The van der Waals surface area contributed by atoms with Gasteiger partial charge in [0, 0.05) is 12.0 Å². The lowest BCUT2D eigenvalue weighted by atomic mass is 9.97. The molecule has 0 heterocycles. The summed E-state index contributed by atoms with van der Waals surface area (Å²) in [5.41, 5.74) is 7.61. The van der Waals surface area contributed by atoms with Crippen molar-refractivity contribution in [2.75, 3.05) is 6.61 Å². The molecule has 96 valence electrons. The van der Waals surface area contributed by atoms with Crippen LogP contribution in [-0.2, 0) is 0 Å². The summed E-state index contributed by atoms with van der Waals surface area (Å²) in [6.07, 6.45) is 0.606. The lowest BCUT2D eigenvalue weighted by molar-refractivity contribution is 0.133. The van der Waals surface area contributed by atoms with Gasteiger partial charge in [-0.2, -0.15) is 0 Å². The van der Waals surface area contributed by atoms with Crippen LogP contribution in [0, 0.1) is 13.8 Å². The Morgan fingerprint density at radius 2 is 2.06 bits per heavy atom. The number of aliphatic hydroxyl groups excluding tert-OH is 1. The number of aliphatic hydroxyl groups is 1. The summed E-state index contributed by atoms with van der Waals surface area (Å²) in [5, 5.41) is 9.13. The third kappa shape index (κ3) is 4.36. The van der Waals surface area contributed by atoms with E-state index in [-0.39, 0.29) is 12.7 Å². The van der Waals surface area contributed by atoms with E-state index in [0.717, 1.165) is 11.3 Å². The molecule has 3 heteroatoms. The van der Waals surface area contributed by atoms with E-state index in [9.17, 15) is 0 Å². The zero-order valence-electron chi connectivity index (χ0n) is 11.2. The summed E-state index contributed by atoms with van der Waals surface area (Å²) in [4.78, 5) is 0. The summed E-state index contributed by atoms with van der Waals surface area (Å²) in [6.45, 7) is 7.83. The first kappa shape index (κ1) is 14.0. The third-order valence-corrected chi connectivity index (χ3v) is 2.79. The topological polar surface area (TPSA) is 55.5 Å². The minimum absolute atomic E-state index is 0.0161. The highest BCUT2D eigenvalue weighted by atomic mass is 16.5. The summed E-state index contributed by atoms with van der Waals surface area (Å²) in [6, 6.07) is 6.14. The van der Waals surface area contributed by atoms with Crippen molar-refractivity contribution in [3.63, 3.8) is 0 Å². The maximum atomic E-state index is 9.13. The molecule has 1 aromatic carbocycles. The van der Waals surface area contributed by atoms with Gasteiger partial charge in [-0.15, -0.1) is 0 Å². The van der Waals surface area contributed by atoms with Crippen molar-refractivity contribution < 1.29 is 9.84 Å². The smallest absolute Gasteiger partial charge is 0.122 e. The fourth-order valence-electron chi connectivity index (χ4n) is 1.81. The minimum Gasteiger partial charge on any atom is -0.490 e. The highest BCUT2D eigenvalue weighted by molar-refractivity contribution is 5.36. The Morgan fingerprint density at radius 1 is 1.41 bits per heavy atom. The number of hydrogen-bond acceptors (Lipinski definition) is 3. The number of rotatable bonds is 5. The van der Waals surface area contributed by atoms with Gasteiger partial charge in [0.15, 0.2) is 0 Å². The van der Waals surface area contributed by atoms with Crippen molar-refractivity contribution in [2.45, 2.75) is 45.8 Å². The number of benzene rings is 1. The van der Waals surface area contributed by atoms with Gasteiger partial charge in [0.25, 0.3) is 0 Å². The largest absolute Gasteiger partial charge is 0.490 e. The normalized spacial score (nSPS) is 16.4. The van der Waals surface area contributed by atoms with Crippen molar-refractivity contribution in [2.24, 2.45) is 5.73 Å². The van der Waals surface area contributed by atoms with Crippen molar-refractivity contribution >= 4 is 0 Å². The number of aryl methyl sites for hydroxylation is 2. The van der Waals surface area contributed by atoms with Crippen molar-refractivity contribution in [1.82, 2.24) is 0 Å². The Hall–Kier alpha value is -1.06. The van der Waals surface area contributed by atoms with Crippen molar-refractivity contribution in [3.05, 3.63) is 29.3 Å². The van der Waals surface area contributed by atoms with Gasteiger partial charge in [0.2, 0.25) is 0 Å². The third-order valence-electron chi connectivity index (χ3n) is 2.79. The van der Waals surface area contributed by atoms with Crippen LogP contribution < -0.4 is 10.5 Å². The summed E-state index contributed by atoms with van der Waals surface area (Å²) in [7, 11) is 0. The van der Waals surface area contributed by atoms with Crippen LogP contribution in [0.3, 0.4) is 0 Å². The van der Waals surface area contributed by atoms with Crippen LogP contribution in [0.15, 0.2) is 18.2 Å². The zero-order valence-corrected chi connectivity index (χ0v) is 11.2. The van der Waals surface area contributed by atoms with Gasteiger partial charge in [-0.05, 0) is 44.9 Å². The molecule has 0 aliphatic heterocycles. The minimum atomic E-state index is -0.586. The van der Waals surface area contributed by atoms with Crippen LogP contribution in [0.5, 0.6) is 5.75 Å². The van der Waals surface area contributed by atoms with E-state index in [1.54, 1.807) is 0 Å². The van der Waals surface area contributed by atoms with Crippen LogP contribution in [0.2, 0.25) is 0 Å². The molecule has 0 aromatic heterocycles. The quantitative estimate of drug-likeness (QED) is 0.825. The summed E-state index contributed by atoms with van der Waals surface area (Å²) < 4.78 is 5.87. The van der Waals surface area contributed by atoms with Crippen LogP contribution in [0.25, 0.3) is 0 Å². The van der Waals surface area contributed by atoms with Gasteiger partial charge in [-0.25, -0.2) is 0 Å². The number of hydrogen-bond donors (Lipinski definition) is 2. The molecule has 3 N–H and O–H groups in total. The summed E-state index contributed by atoms with van der Waals surface area (Å²) >= 11 is 0. The monoisotopic (exact) mass is 237 g/mol. The molecule has 0 amide bonds. The lowest BCUT2D eigenvalue weighted by Crippen LogP contribution is -2.43. The molecule has 1 rings (SSSR count). The Labute approximate surface area is 104 Å². The second-order valence-corrected chi connectivity index (χ2v) is 5.21. The van der Waals surface area contributed by atoms with E-state index in [1.807, 2.05) is 39.8 Å². The Bertz CT molecular complexity index is 374. The maximum Gasteiger partial charge on any atom is 0.122 e. The Morgan fingerprint density at radius 3 is 2.65 bits per heavy atom. The van der Waals surface area contributed by atoms with Crippen molar-refractivity contribution in [3.8, 4) is 5.75 Å². The van der Waals surface area contributed by atoms with Crippen LogP contribution >= 0.6 is 0 Å². The van der Waals surface area contributed by atoms with Crippen LogP contribution in [-0.4, -0.2) is 23.4 Å². The predicted molar refractivity (Wildman–Crippen MR) is 70.3 cm³/mol. The van der Waals surface area contributed by atoms with Gasteiger partial charge in [-0.1, -0.05) is 12.1 Å². The molecule has 0 saturated heterocycles. The van der Waals surface area contributed by atoms with Gasteiger partial charge >= 0.3 is 0 Å². The van der Waals surface area contributed by atoms with Gasteiger partial charge in [0.05, 0.1) is 12.7 Å². The highest BCUT2D eigenvalue weighted by Gasteiger charge is 2.21. The summed E-state index contributed by atoms with van der Waals surface area (Å²) in [5.74, 6) is 0.895. The molecule has 2 unspecified atom stereocenters. The molecule has 0 saturated carbocycles. The molecule has 2 atom stereocenters. The maximum absolute atomic E-state index is 9.13. The van der Waals surface area contributed by atoms with E-state index >= 15 is 0 Å². The van der Waals surface area contributed by atoms with E-state index in [2.05, 4.69) is 6.07 Å². The van der Waals surface area contributed by atoms with Crippen LogP contribution in [0.1, 0.15) is 31.4 Å². The molecule has 0 fully saturated rings. The van der Waals surface area contributed by atoms with E-state index in [0.29, 0.717) is 6.42 Å². The first-order valence-electron chi connectivity index (χ1n) is 5.98. The predicted octanol–water partition coefficient (Wildman–Crippen LogP) is 2.17. The molecule has 0 aliphatic carbocycles. The fraction of sp³-hybridized carbons (Fsp3) is 0.571. The molecule has 0 bridgehead atoms. The van der Waals surface area contributed by atoms with Gasteiger partial charge in [0.1, 0.15) is 5.75 Å².